The summed E-state index contributed by atoms with van der Waals surface area (Å²) < 4.78 is 15.9. The number of aliphatic hydroxyl groups excluding tert-OH is 1. The Bertz CT molecular complexity index is 1270. The number of hydrogen-bond donors (Lipinski definition) is 1. The molecule has 0 saturated carbocycles. The molecular weight excluding hydrogens is 434 g/mol. The van der Waals surface area contributed by atoms with Crippen LogP contribution in [0.15, 0.2) is 78.4 Å². The minimum absolute atomic E-state index is 0.0600. The molecule has 2 aliphatic heterocycles. The first-order chi connectivity index (χ1) is 16.6. The molecule has 0 spiro atoms. The van der Waals surface area contributed by atoms with Crippen LogP contribution in [0.2, 0.25) is 0 Å². The number of Topliss-reactive ketones (excluding diaryl/α,β-unsaturated/α-hetero) is 1. The summed E-state index contributed by atoms with van der Waals surface area (Å²) in [6.45, 7) is 0.410. The highest BCUT2D eigenvalue weighted by atomic mass is 16.7. The number of nitrogens with zero attached hydrogens (tertiary/aromatic N) is 1. The van der Waals surface area contributed by atoms with Gasteiger partial charge in [0, 0.05) is 12.1 Å². The van der Waals surface area contributed by atoms with Gasteiger partial charge in [-0.1, -0.05) is 42.5 Å². The van der Waals surface area contributed by atoms with E-state index in [1.54, 1.807) is 25.3 Å². The Labute approximate surface area is 196 Å². The van der Waals surface area contributed by atoms with E-state index in [-0.39, 0.29) is 18.1 Å². The fourth-order valence-electron chi connectivity index (χ4n) is 4.33. The molecule has 3 aromatic carbocycles. The van der Waals surface area contributed by atoms with E-state index in [2.05, 4.69) is 0 Å². The number of carbonyl (C=O) groups is 2. The zero-order valence-corrected chi connectivity index (χ0v) is 18.6. The second-order valence-electron chi connectivity index (χ2n) is 8.07. The lowest BCUT2D eigenvalue weighted by Crippen LogP contribution is -2.31. The van der Waals surface area contributed by atoms with Gasteiger partial charge in [-0.3, -0.25) is 9.59 Å². The third kappa shape index (κ3) is 3.85. The van der Waals surface area contributed by atoms with Crippen LogP contribution < -0.4 is 14.2 Å². The molecule has 1 atom stereocenters. The average molecular weight is 457 g/mol. The van der Waals surface area contributed by atoms with Crippen LogP contribution in [0.25, 0.3) is 5.76 Å². The van der Waals surface area contributed by atoms with Crippen molar-refractivity contribution in [2.24, 2.45) is 0 Å². The number of benzene rings is 3. The van der Waals surface area contributed by atoms with Gasteiger partial charge in [-0.15, -0.1) is 0 Å². The van der Waals surface area contributed by atoms with Gasteiger partial charge in [-0.05, 0) is 47.9 Å². The minimum Gasteiger partial charge on any atom is -0.507 e. The lowest BCUT2D eigenvalue weighted by molar-refractivity contribution is -0.139. The third-order valence-corrected chi connectivity index (χ3v) is 6.10. The van der Waals surface area contributed by atoms with E-state index in [0.717, 1.165) is 16.9 Å². The van der Waals surface area contributed by atoms with E-state index in [0.29, 0.717) is 30.0 Å². The maximum absolute atomic E-state index is 13.2. The van der Waals surface area contributed by atoms with Crippen LogP contribution in [-0.4, -0.2) is 42.1 Å². The summed E-state index contributed by atoms with van der Waals surface area (Å²) in [4.78, 5) is 27.8. The molecule has 1 fully saturated rings. The van der Waals surface area contributed by atoms with Gasteiger partial charge >= 0.3 is 0 Å². The fourth-order valence-corrected chi connectivity index (χ4v) is 4.33. The Morgan fingerprint density at radius 3 is 2.47 bits per heavy atom. The van der Waals surface area contributed by atoms with E-state index >= 15 is 0 Å². The summed E-state index contributed by atoms with van der Waals surface area (Å²) in [5, 5.41) is 11.2. The zero-order valence-electron chi connectivity index (χ0n) is 18.6. The van der Waals surface area contributed by atoms with Crippen molar-refractivity contribution >= 4 is 17.4 Å². The minimum atomic E-state index is -0.709. The number of methoxy groups -OCH3 is 1. The van der Waals surface area contributed by atoms with Gasteiger partial charge in [0.2, 0.25) is 6.79 Å². The van der Waals surface area contributed by atoms with Crippen molar-refractivity contribution in [2.75, 3.05) is 20.4 Å². The van der Waals surface area contributed by atoms with E-state index in [4.69, 9.17) is 14.2 Å². The standard InChI is InChI=1S/C27H23NO6/c1-32-20-10-7-17(8-11-20)13-14-28-24(18-5-3-2-4-6-18)23(26(30)27(28)31)25(29)19-9-12-21-22(15-19)34-16-33-21/h2-12,15,24,29H,13-14,16H2,1H3/b25-23-. The summed E-state index contributed by atoms with van der Waals surface area (Å²) in [6.07, 6.45) is 0.546. The highest BCUT2D eigenvalue weighted by Crippen LogP contribution is 2.41. The van der Waals surface area contributed by atoms with Gasteiger partial charge in [-0.25, -0.2) is 0 Å². The maximum Gasteiger partial charge on any atom is 0.295 e. The van der Waals surface area contributed by atoms with Crippen LogP contribution in [0, 0.1) is 0 Å². The molecule has 5 rings (SSSR count). The number of ether oxygens (including phenoxy) is 3. The summed E-state index contributed by atoms with van der Waals surface area (Å²) >= 11 is 0. The first-order valence-electron chi connectivity index (χ1n) is 10.9. The van der Waals surface area contributed by atoms with Crippen LogP contribution >= 0.6 is 0 Å². The summed E-state index contributed by atoms with van der Waals surface area (Å²) in [7, 11) is 1.61. The van der Waals surface area contributed by atoms with Crippen LogP contribution in [0.1, 0.15) is 22.7 Å². The lowest BCUT2D eigenvalue weighted by atomic mass is 9.95. The Morgan fingerprint density at radius 1 is 1.00 bits per heavy atom. The number of amides is 1. The third-order valence-electron chi connectivity index (χ3n) is 6.10. The molecule has 7 nitrogen and oxygen atoms in total. The fraction of sp³-hybridized carbons (Fsp3) is 0.185. The Kier molecular flexibility index (Phi) is 5.67. The molecule has 34 heavy (non-hydrogen) atoms. The van der Waals surface area contributed by atoms with Crippen LogP contribution in [-0.2, 0) is 16.0 Å². The summed E-state index contributed by atoms with van der Waals surface area (Å²) in [6, 6.07) is 21.1. The van der Waals surface area contributed by atoms with Gasteiger partial charge in [0.1, 0.15) is 11.5 Å². The monoisotopic (exact) mass is 457 g/mol. The highest BCUT2D eigenvalue weighted by Gasteiger charge is 2.45. The van der Waals surface area contributed by atoms with Crippen molar-refractivity contribution in [1.29, 1.82) is 0 Å². The molecule has 7 heteroatoms. The predicted molar refractivity (Wildman–Crippen MR) is 125 cm³/mol. The smallest absolute Gasteiger partial charge is 0.295 e. The van der Waals surface area contributed by atoms with Crippen molar-refractivity contribution in [3.63, 3.8) is 0 Å². The number of fused-ring (bicyclic) bond motifs is 1. The molecule has 0 radical (unpaired) electrons. The van der Waals surface area contributed by atoms with Gasteiger partial charge in [0.25, 0.3) is 11.7 Å². The molecule has 1 N–H and O–H groups in total. The predicted octanol–water partition coefficient (Wildman–Crippen LogP) is 4.09. The first-order valence-corrected chi connectivity index (χ1v) is 10.9. The van der Waals surface area contributed by atoms with E-state index in [1.807, 2.05) is 54.6 Å². The van der Waals surface area contributed by atoms with E-state index in [1.165, 1.54) is 4.90 Å². The highest BCUT2D eigenvalue weighted by molar-refractivity contribution is 6.46. The number of hydrogen-bond acceptors (Lipinski definition) is 6. The molecule has 1 amide bonds. The number of likely N-dealkylation sites (tertiary alicyclic amines) is 1. The second kappa shape index (κ2) is 8.94. The number of aliphatic hydroxyl groups is 1. The Morgan fingerprint density at radius 2 is 1.74 bits per heavy atom. The summed E-state index contributed by atoms with van der Waals surface area (Å²) in [5.74, 6) is 0.211. The molecular formula is C27H23NO6. The molecule has 172 valence electrons. The molecule has 2 heterocycles. The molecule has 1 unspecified atom stereocenters. The van der Waals surface area contributed by atoms with E-state index < -0.39 is 17.7 Å². The first kappa shape index (κ1) is 21.6. The van der Waals surface area contributed by atoms with Crippen LogP contribution in [0.3, 0.4) is 0 Å². The summed E-state index contributed by atoms with van der Waals surface area (Å²) in [5.41, 5.74) is 2.20. The largest absolute Gasteiger partial charge is 0.507 e. The van der Waals surface area contributed by atoms with Crippen molar-refractivity contribution < 1.29 is 28.9 Å². The van der Waals surface area contributed by atoms with Crippen LogP contribution in [0.5, 0.6) is 17.2 Å². The average Bonchev–Trinajstić information content (AvgIpc) is 3.45. The van der Waals surface area contributed by atoms with Crippen molar-refractivity contribution in [3.05, 3.63) is 95.1 Å². The van der Waals surface area contributed by atoms with Gasteiger partial charge in [-0.2, -0.15) is 0 Å². The number of rotatable bonds is 6. The Hall–Kier alpha value is -4.26. The molecule has 1 saturated heterocycles. The lowest BCUT2D eigenvalue weighted by Gasteiger charge is -2.25. The maximum atomic E-state index is 13.2. The van der Waals surface area contributed by atoms with Crippen molar-refractivity contribution in [1.82, 2.24) is 4.90 Å². The quantitative estimate of drug-likeness (QED) is 0.341. The molecule has 2 aliphatic rings. The second-order valence-corrected chi connectivity index (χ2v) is 8.07. The number of ketones is 1. The van der Waals surface area contributed by atoms with Crippen LogP contribution in [0.4, 0.5) is 0 Å². The number of carbonyl (C=O) groups excluding carboxylic acids is 2. The molecule has 0 bridgehead atoms. The van der Waals surface area contributed by atoms with E-state index in [9.17, 15) is 14.7 Å². The SMILES string of the molecule is COc1ccc(CCN2C(=O)C(=O)/C(=C(\O)c3ccc4c(c3)OCO4)C2c2ccccc2)cc1. The van der Waals surface area contributed by atoms with Gasteiger partial charge in [0.15, 0.2) is 11.5 Å². The molecule has 3 aromatic rings. The molecule has 0 aromatic heterocycles. The van der Waals surface area contributed by atoms with Gasteiger partial charge in [0.05, 0.1) is 18.7 Å². The Balaban J connectivity index is 1.52. The van der Waals surface area contributed by atoms with Crippen molar-refractivity contribution in [3.8, 4) is 17.2 Å². The van der Waals surface area contributed by atoms with Crippen molar-refractivity contribution in [2.45, 2.75) is 12.5 Å². The normalized spacial score (nSPS) is 18.4. The van der Waals surface area contributed by atoms with Gasteiger partial charge < -0.3 is 24.2 Å². The molecule has 0 aliphatic carbocycles. The zero-order chi connectivity index (χ0) is 23.7. The topological polar surface area (TPSA) is 85.3 Å².